The Hall–Kier alpha value is -2.40. The van der Waals surface area contributed by atoms with Crippen molar-refractivity contribution in [2.75, 3.05) is 0 Å². The summed E-state index contributed by atoms with van der Waals surface area (Å²) in [4.78, 5) is 4.31. The predicted octanol–water partition coefficient (Wildman–Crippen LogP) is 4.98. The quantitative estimate of drug-likeness (QED) is 0.675. The van der Waals surface area contributed by atoms with E-state index in [1.807, 2.05) is 19.9 Å². The zero-order valence-electron chi connectivity index (χ0n) is 12.6. The molecular formula is C17H14ClFN2O2. The maximum Gasteiger partial charge on any atom is 0.258 e. The molecule has 0 aliphatic carbocycles. The van der Waals surface area contributed by atoms with Crippen LogP contribution in [0.1, 0.15) is 13.8 Å². The van der Waals surface area contributed by atoms with Crippen molar-refractivity contribution in [2.45, 2.75) is 20.0 Å². The fourth-order valence-electron chi connectivity index (χ4n) is 2.04. The molecule has 0 saturated carbocycles. The first kappa shape index (κ1) is 15.5. The summed E-state index contributed by atoms with van der Waals surface area (Å²) in [5, 5.41) is 4.41. The molecule has 0 radical (unpaired) electrons. The molecule has 0 atom stereocenters. The monoisotopic (exact) mass is 332 g/mol. The molecule has 0 aliphatic heterocycles. The number of hydrogen-bond acceptors (Lipinski definition) is 4. The third kappa shape index (κ3) is 3.51. The molecule has 0 N–H and O–H groups in total. The van der Waals surface area contributed by atoms with E-state index in [2.05, 4.69) is 10.1 Å². The molecule has 0 fully saturated rings. The first-order valence-corrected chi connectivity index (χ1v) is 7.47. The minimum Gasteiger partial charge on any atom is -0.489 e. The Morgan fingerprint density at radius 3 is 2.43 bits per heavy atom. The summed E-state index contributed by atoms with van der Waals surface area (Å²) in [5.74, 6) is 1.01. The van der Waals surface area contributed by atoms with Gasteiger partial charge >= 0.3 is 0 Å². The van der Waals surface area contributed by atoms with Gasteiger partial charge in [0.1, 0.15) is 11.6 Å². The molecule has 3 aromatic rings. The molecule has 0 bridgehead atoms. The third-order valence-corrected chi connectivity index (χ3v) is 3.37. The molecule has 1 heterocycles. The maximum absolute atomic E-state index is 13.0. The lowest BCUT2D eigenvalue weighted by Gasteiger charge is -2.11. The predicted molar refractivity (Wildman–Crippen MR) is 85.9 cm³/mol. The molecule has 0 saturated heterocycles. The topological polar surface area (TPSA) is 48.2 Å². The van der Waals surface area contributed by atoms with Crippen LogP contribution in [0.3, 0.4) is 0 Å². The van der Waals surface area contributed by atoms with Crippen LogP contribution in [0.2, 0.25) is 5.02 Å². The lowest BCUT2D eigenvalue weighted by atomic mass is 10.2. The highest BCUT2D eigenvalue weighted by Gasteiger charge is 2.13. The van der Waals surface area contributed by atoms with E-state index >= 15 is 0 Å². The van der Waals surface area contributed by atoms with Gasteiger partial charge in [-0.1, -0.05) is 16.8 Å². The van der Waals surface area contributed by atoms with Crippen LogP contribution in [-0.4, -0.2) is 16.2 Å². The molecule has 23 heavy (non-hydrogen) atoms. The van der Waals surface area contributed by atoms with E-state index in [0.717, 1.165) is 0 Å². The van der Waals surface area contributed by atoms with Gasteiger partial charge in [0.25, 0.3) is 5.89 Å². The molecule has 118 valence electrons. The van der Waals surface area contributed by atoms with Crippen molar-refractivity contribution in [1.82, 2.24) is 10.1 Å². The minimum absolute atomic E-state index is 0.0357. The first-order chi connectivity index (χ1) is 11.0. The third-order valence-electron chi connectivity index (χ3n) is 3.07. The summed E-state index contributed by atoms with van der Waals surface area (Å²) in [6.07, 6.45) is 0.0357. The molecule has 0 unspecified atom stereocenters. The molecule has 0 amide bonds. The molecule has 6 heteroatoms. The highest BCUT2D eigenvalue weighted by atomic mass is 35.5. The van der Waals surface area contributed by atoms with Gasteiger partial charge in [0.05, 0.1) is 11.1 Å². The van der Waals surface area contributed by atoms with Gasteiger partial charge in [-0.15, -0.1) is 0 Å². The van der Waals surface area contributed by atoms with Gasteiger partial charge < -0.3 is 9.26 Å². The molecular weight excluding hydrogens is 319 g/mol. The van der Waals surface area contributed by atoms with Crippen molar-refractivity contribution in [1.29, 1.82) is 0 Å². The van der Waals surface area contributed by atoms with Crippen LogP contribution in [-0.2, 0) is 0 Å². The summed E-state index contributed by atoms with van der Waals surface area (Å²) in [5.41, 5.74) is 1.36. The van der Waals surface area contributed by atoms with Crippen molar-refractivity contribution in [2.24, 2.45) is 0 Å². The van der Waals surface area contributed by atoms with Gasteiger partial charge in [0.2, 0.25) is 5.82 Å². The number of hydrogen-bond donors (Lipinski definition) is 0. The van der Waals surface area contributed by atoms with Crippen molar-refractivity contribution in [3.8, 4) is 28.6 Å². The fraction of sp³-hybridized carbons (Fsp3) is 0.176. The zero-order chi connectivity index (χ0) is 16.4. The Morgan fingerprint density at radius 1 is 1.09 bits per heavy atom. The average molecular weight is 333 g/mol. The second kappa shape index (κ2) is 6.38. The Labute approximate surface area is 137 Å². The highest BCUT2D eigenvalue weighted by molar-refractivity contribution is 6.32. The lowest BCUT2D eigenvalue weighted by Crippen LogP contribution is -2.05. The zero-order valence-corrected chi connectivity index (χ0v) is 13.3. The highest BCUT2D eigenvalue weighted by Crippen LogP contribution is 2.30. The van der Waals surface area contributed by atoms with Crippen molar-refractivity contribution < 1.29 is 13.7 Å². The summed E-state index contributed by atoms with van der Waals surface area (Å²) < 4.78 is 23.8. The Balaban J connectivity index is 1.88. The van der Waals surface area contributed by atoms with Gasteiger partial charge in [-0.25, -0.2) is 4.39 Å². The van der Waals surface area contributed by atoms with Crippen LogP contribution in [0.25, 0.3) is 22.8 Å². The van der Waals surface area contributed by atoms with Crippen molar-refractivity contribution in [3.63, 3.8) is 0 Å². The Morgan fingerprint density at radius 2 is 1.78 bits per heavy atom. The smallest absolute Gasteiger partial charge is 0.258 e. The molecule has 4 nitrogen and oxygen atoms in total. The Bertz CT molecular complexity index is 816. The van der Waals surface area contributed by atoms with Crippen molar-refractivity contribution >= 4 is 11.6 Å². The Kier molecular flexibility index (Phi) is 4.30. The standard InChI is InChI=1S/C17H14ClFN2O2/c1-10(2)22-15-8-5-12(9-14(15)18)16-20-17(23-21-16)11-3-6-13(19)7-4-11/h3-10H,1-2H3. The van der Waals surface area contributed by atoms with E-state index in [1.54, 1.807) is 24.3 Å². The van der Waals surface area contributed by atoms with E-state index in [1.165, 1.54) is 12.1 Å². The number of rotatable bonds is 4. The molecule has 0 aliphatic rings. The lowest BCUT2D eigenvalue weighted by molar-refractivity contribution is 0.242. The summed E-state index contributed by atoms with van der Waals surface area (Å²) in [6.45, 7) is 3.86. The molecule has 3 rings (SSSR count). The van der Waals surface area contributed by atoms with E-state index in [4.69, 9.17) is 20.9 Å². The van der Waals surface area contributed by atoms with Gasteiger partial charge in [-0.05, 0) is 56.3 Å². The summed E-state index contributed by atoms with van der Waals surface area (Å²) >= 11 is 6.21. The van der Waals surface area contributed by atoms with Crippen molar-refractivity contribution in [3.05, 3.63) is 53.3 Å². The van der Waals surface area contributed by atoms with Crippen LogP contribution < -0.4 is 4.74 Å². The number of nitrogens with zero attached hydrogens (tertiary/aromatic N) is 2. The molecule has 0 spiro atoms. The van der Waals surface area contributed by atoms with Crippen LogP contribution >= 0.6 is 11.6 Å². The normalized spacial score (nSPS) is 11.0. The molecule has 1 aromatic heterocycles. The number of ether oxygens (including phenoxy) is 1. The average Bonchev–Trinajstić information content (AvgIpc) is 2.99. The number of aromatic nitrogens is 2. The first-order valence-electron chi connectivity index (χ1n) is 7.09. The fourth-order valence-corrected chi connectivity index (χ4v) is 2.26. The SMILES string of the molecule is CC(C)Oc1ccc(-c2noc(-c3ccc(F)cc3)n2)cc1Cl. The minimum atomic E-state index is -0.319. The summed E-state index contributed by atoms with van der Waals surface area (Å²) in [6, 6.07) is 11.1. The van der Waals surface area contributed by atoms with Gasteiger partial charge in [-0.2, -0.15) is 4.98 Å². The van der Waals surface area contributed by atoms with Crippen LogP contribution in [0.15, 0.2) is 47.0 Å². The van der Waals surface area contributed by atoms with Gasteiger partial charge in [0.15, 0.2) is 0 Å². The van der Waals surface area contributed by atoms with E-state index in [-0.39, 0.29) is 11.9 Å². The maximum atomic E-state index is 13.0. The number of benzene rings is 2. The van der Waals surface area contributed by atoms with E-state index in [9.17, 15) is 4.39 Å². The van der Waals surface area contributed by atoms with Gasteiger partial charge in [0, 0.05) is 11.1 Å². The second-order valence-electron chi connectivity index (χ2n) is 5.24. The molecule has 2 aromatic carbocycles. The number of halogens is 2. The second-order valence-corrected chi connectivity index (χ2v) is 5.65. The van der Waals surface area contributed by atoms with Crippen LogP contribution in [0.5, 0.6) is 5.75 Å². The summed E-state index contributed by atoms with van der Waals surface area (Å²) in [7, 11) is 0. The van der Waals surface area contributed by atoms with E-state index in [0.29, 0.717) is 33.6 Å². The van der Waals surface area contributed by atoms with Gasteiger partial charge in [-0.3, -0.25) is 0 Å². The van der Waals surface area contributed by atoms with Crippen LogP contribution in [0.4, 0.5) is 4.39 Å². The largest absolute Gasteiger partial charge is 0.489 e. The van der Waals surface area contributed by atoms with Crippen LogP contribution in [0, 0.1) is 5.82 Å². The van der Waals surface area contributed by atoms with E-state index < -0.39 is 0 Å².